The highest BCUT2D eigenvalue weighted by atomic mass is 32.2. The molecule has 3 aromatic carbocycles. The molecule has 0 bridgehead atoms. The van der Waals surface area contributed by atoms with Gasteiger partial charge in [-0.25, -0.2) is 4.98 Å². The highest BCUT2D eigenvalue weighted by molar-refractivity contribution is 7.99. The molecule has 0 aliphatic heterocycles. The zero-order valence-electron chi connectivity index (χ0n) is 18.4. The molecule has 1 amide bonds. The number of nitrogens with zero attached hydrogens (tertiary/aromatic N) is 4. The number of aryl methyl sites for hydroxylation is 1. The minimum absolute atomic E-state index is 0.140. The first-order valence-corrected chi connectivity index (χ1v) is 12.6. The molecule has 1 N–H and O–H groups in total. The van der Waals surface area contributed by atoms with Gasteiger partial charge in [-0.05, 0) is 25.1 Å². The first-order chi connectivity index (χ1) is 16.7. The van der Waals surface area contributed by atoms with Crippen molar-refractivity contribution >= 4 is 34.1 Å². The van der Waals surface area contributed by atoms with Gasteiger partial charge in [0.15, 0.2) is 16.1 Å². The van der Waals surface area contributed by atoms with Gasteiger partial charge >= 0.3 is 0 Å². The van der Waals surface area contributed by atoms with E-state index in [1.54, 1.807) is 0 Å². The summed E-state index contributed by atoms with van der Waals surface area (Å²) in [6.45, 7) is 2.05. The van der Waals surface area contributed by atoms with Crippen LogP contribution < -0.4 is 5.32 Å². The Hall–Kier alpha value is -3.75. The second-order valence-corrected chi connectivity index (χ2v) is 9.39. The van der Waals surface area contributed by atoms with E-state index < -0.39 is 0 Å². The van der Waals surface area contributed by atoms with Crippen LogP contribution in [0.3, 0.4) is 0 Å². The van der Waals surface area contributed by atoms with E-state index in [1.165, 1.54) is 23.1 Å². The summed E-state index contributed by atoms with van der Waals surface area (Å²) >= 11 is 2.76. The third-order valence-corrected chi connectivity index (χ3v) is 6.76. The third kappa shape index (κ3) is 4.93. The average Bonchev–Trinajstić information content (AvgIpc) is 3.51. The van der Waals surface area contributed by atoms with Crippen LogP contribution in [0, 0.1) is 6.92 Å². The van der Waals surface area contributed by atoms with Gasteiger partial charge in [-0.3, -0.25) is 9.36 Å². The Morgan fingerprint density at radius 3 is 2.44 bits per heavy atom. The van der Waals surface area contributed by atoms with E-state index in [0.29, 0.717) is 10.3 Å². The number of hydrogen-bond donors (Lipinski definition) is 1. The van der Waals surface area contributed by atoms with Crippen molar-refractivity contribution < 1.29 is 4.79 Å². The lowest BCUT2D eigenvalue weighted by Crippen LogP contribution is -2.14. The van der Waals surface area contributed by atoms with E-state index in [0.717, 1.165) is 33.9 Å². The topological polar surface area (TPSA) is 72.7 Å². The lowest BCUT2D eigenvalue weighted by molar-refractivity contribution is -0.113. The highest BCUT2D eigenvalue weighted by Gasteiger charge is 2.18. The van der Waals surface area contributed by atoms with Crippen LogP contribution in [0.15, 0.2) is 95.5 Å². The minimum atomic E-state index is -0.140. The fourth-order valence-electron chi connectivity index (χ4n) is 3.50. The quantitative estimate of drug-likeness (QED) is 0.283. The van der Waals surface area contributed by atoms with Gasteiger partial charge in [-0.15, -0.1) is 21.5 Å². The molecule has 0 saturated carbocycles. The molecule has 0 fully saturated rings. The number of aromatic nitrogens is 4. The molecule has 0 aliphatic carbocycles. The molecule has 0 saturated heterocycles. The molecule has 5 aromatic rings. The van der Waals surface area contributed by atoms with E-state index in [1.807, 2.05) is 82.7 Å². The Balaban J connectivity index is 1.34. The molecular weight excluding hydrogens is 462 g/mol. The van der Waals surface area contributed by atoms with Crippen molar-refractivity contribution in [2.45, 2.75) is 12.1 Å². The number of carbonyl (C=O) groups excluding carboxylic acids is 1. The number of thiazole rings is 1. The van der Waals surface area contributed by atoms with Crippen LogP contribution in [0.2, 0.25) is 0 Å². The molecule has 8 heteroatoms. The molecule has 5 rings (SSSR count). The average molecular weight is 484 g/mol. The summed E-state index contributed by atoms with van der Waals surface area (Å²) in [5.74, 6) is 0.794. The first-order valence-electron chi connectivity index (χ1n) is 10.7. The van der Waals surface area contributed by atoms with Gasteiger partial charge in [0, 0.05) is 22.2 Å². The van der Waals surface area contributed by atoms with Crippen LogP contribution in [0.1, 0.15) is 5.56 Å². The fourth-order valence-corrected chi connectivity index (χ4v) is 4.99. The maximum atomic E-state index is 12.7. The van der Waals surface area contributed by atoms with Crippen LogP contribution in [-0.4, -0.2) is 31.4 Å². The number of anilines is 1. The summed E-state index contributed by atoms with van der Waals surface area (Å²) in [5.41, 5.74) is 4.93. The second kappa shape index (κ2) is 10.0. The lowest BCUT2D eigenvalue weighted by atomic mass is 10.1. The Morgan fingerprint density at radius 1 is 0.941 bits per heavy atom. The third-order valence-electron chi connectivity index (χ3n) is 5.08. The maximum Gasteiger partial charge on any atom is 0.236 e. The van der Waals surface area contributed by atoms with E-state index in [9.17, 15) is 4.79 Å². The molecule has 6 nitrogen and oxygen atoms in total. The highest BCUT2D eigenvalue weighted by Crippen LogP contribution is 2.29. The normalized spacial score (nSPS) is 10.9. The van der Waals surface area contributed by atoms with Crippen molar-refractivity contribution in [3.8, 4) is 28.3 Å². The summed E-state index contributed by atoms with van der Waals surface area (Å²) in [7, 11) is 0. The summed E-state index contributed by atoms with van der Waals surface area (Å²) in [4.78, 5) is 17.2. The molecule has 34 heavy (non-hydrogen) atoms. The predicted molar refractivity (Wildman–Crippen MR) is 138 cm³/mol. The molecule has 168 valence electrons. The van der Waals surface area contributed by atoms with Gasteiger partial charge in [0.25, 0.3) is 0 Å². The van der Waals surface area contributed by atoms with E-state index in [2.05, 4.69) is 39.6 Å². The number of amides is 1. The number of thioether (sulfide) groups is 1. The maximum absolute atomic E-state index is 12.7. The number of nitrogens with one attached hydrogen (secondary N) is 1. The molecule has 0 spiro atoms. The Kier molecular flexibility index (Phi) is 6.51. The molecule has 2 heterocycles. The number of para-hydroxylation sites is 1. The summed E-state index contributed by atoms with van der Waals surface area (Å²) < 4.78 is 1.99. The van der Waals surface area contributed by atoms with E-state index in [-0.39, 0.29) is 11.7 Å². The van der Waals surface area contributed by atoms with Crippen molar-refractivity contribution in [2.24, 2.45) is 0 Å². The van der Waals surface area contributed by atoms with Crippen LogP contribution in [0.5, 0.6) is 0 Å². The smallest absolute Gasteiger partial charge is 0.236 e. The molecular formula is C26H21N5OS2. The van der Waals surface area contributed by atoms with Gasteiger partial charge in [-0.2, -0.15) is 0 Å². The van der Waals surface area contributed by atoms with Crippen LogP contribution >= 0.6 is 23.1 Å². The van der Waals surface area contributed by atoms with Crippen LogP contribution in [0.4, 0.5) is 5.13 Å². The Morgan fingerprint density at radius 2 is 1.68 bits per heavy atom. The molecule has 0 unspecified atom stereocenters. The van der Waals surface area contributed by atoms with Gasteiger partial charge in [0.2, 0.25) is 5.91 Å². The van der Waals surface area contributed by atoms with Gasteiger partial charge in [0.1, 0.15) is 0 Å². The van der Waals surface area contributed by atoms with Crippen molar-refractivity contribution in [1.82, 2.24) is 19.7 Å². The summed E-state index contributed by atoms with van der Waals surface area (Å²) in [6.07, 6.45) is 0. The largest absolute Gasteiger partial charge is 0.301 e. The summed E-state index contributed by atoms with van der Waals surface area (Å²) in [6, 6.07) is 28.0. The van der Waals surface area contributed by atoms with Gasteiger partial charge in [0.05, 0.1) is 11.4 Å². The number of carbonyl (C=O) groups is 1. The monoisotopic (exact) mass is 483 g/mol. The fraction of sp³-hybridized carbons (Fsp3) is 0.0769. The van der Waals surface area contributed by atoms with Gasteiger partial charge in [-0.1, -0.05) is 84.1 Å². The SMILES string of the molecule is Cc1cccc(-c2nnc(SCC(=O)Nc3nc(-c4ccccc4)cs3)n2-c2ccccc2)c1. The zero-order valence-corrected chi connectivity index (χ0v) is 20.0. The standard InChI is InChI=1S/C26H21N5OS2/c1-18-9-8-12-20(15-18)24-29-30-26(31(24)21-13-6-3-7-14-21)34-17-23(32)28-25-27-22(16-33-25)19-10-4-2-5-11-19/h2-16H,17H2,1H3,(H,27,28,32). The van der Waals surface area contributed by atoms with Crippen molar-refractivity contribution in [2.75, 3.05) is 11.1 Å². The second-order valence-electron chi connectivity index (χ2n) is 7.59. The Bertz CT molecular complexity index is 1410. The molecule has 0 radical (unpaired) electrons. The lowest BCUT2D eigenvalue weighted by Gasteiger charge is -2.10. The predicted octanol–water partition coefficient (Wildman–Crippen LogP) is 6.10. The Labute approximate surface area is 205 Å². The first kappa shape index (κ1) is 22.1. The zero-order chi connectivity index (χ0) is 23.3. The molecule has 2 aromatic heterocycles. The molecule has 0 atom stereocenters. The van der Waals surface area contributed by atoms with E-state index in [4.69, 9.17) is 0 Å². The number of hydrogen-bond acceptors (Lipinski definition) is 6. The minimum Gasteiger partial charge on any atom is -0.301 e. The van der Waals surface area contributed by atoms with Crippen LogP contribution in [-0.2, 0) is 4.79 Å². The molecule has 0 aliphatic rings. The number of rotatable bonds is 7. The van der Waals surface area contributed by atoms with Crippen molar-refractivity contribution in [1.29, 1.82) is 0 Å². The summed E-state index contributed by atoms with van der Waals surface area (Å²) in [5, 5.41) is 14.9. The number of benzene rings is 3. The van der Waals surface area contributed by atoms with Crippen LogP contribution in [0.25, 0.3) is 28.3 Å². The van der Waals surface area contributed by atoms with Crippen molar-refractivity contribution in [3.63, 3.8) is 0 Å². The van der Waals surface area contributed by atoms with E-state index >= 15 is 0 Å². The van der Waals surface area contributed by atoms with Gasteiger partial charge < -0.3 is 5.32 Å². The van der Waals surface area contributed by atoms with Crippen molar-refractivity contribution in [3.05, 3.63) is 95.9 Å².